The van der Waals surface area contributed by atoms with E-state index in [-0.39, 0.29) is 34.0 Å². The summed E-state index contributed by atoms with van der Waals surface area (Å²) in [5.41, 5.74) is 0. The van der Waals surface area contributed by atoms with Gasteiger partial charge in [-0.05, 0) is 53.4 Å². The first-order chi connectivity index (χ1) is 16.5. The summed E-state index contributed by atoms with van der Waals surface area (Å²) in [5, 5.41) is 0. The van der Waals surface area contributed by atoms with E-state index in [9.17, 15) is 0 Å². The van der Waals surface area contributed by atoms with E-state index in [2.05, 4.69) is 51.3 Å². The number of hydrogen-bond acceptors (Lipinski definition) is 2. The van der Waals surface area contributed by atoms with Crippen molar-refractivity contribution in [2.45, 2.75) is 106 Å². The lowest BCUT2D eigenvalue weighted by atomic mass is 10.1. The Bertz CT molecular complexity index is 420. The molecule has 0 aromatic heterocycles. The van der Waals surface area contributed by atoms with Crippen molar-refractivity contribution in [1.82, 2.24) is 9.80 Å². The summed E-state index contributed by atoms with van der Waals surface area (Å²) in [7, 11) is 0. The van der Waals surface area contributed by atoms with Crippen LogP contribution in [0.1, 0.15) is 106 Å². The van der Waals surface area contributed by atoms with Crippen LogP contribution in [0.5, 0.6) is 0 Å². The quantitative estimate of drug-likeness (QED) is 0.124. The third-order valence-corrected chi connectivity index (χ3v) is 9.40. The third-order valence-electron chi connectivity index (χ3n) is 9.40. The molecular weight excluding hydrogens is 576 g/mol. The van der Waals surface area contributed by atoms with Crippen molar-refractivity contribution in [3.05, 3.63) is 0 Å². The molecule has 1 heterocycles. The number of hydrogen-bond donors (Lipinski definition) is 0. The molecule has 0 aliphatic carbocycles. The molecule has 4 nitrogen and oxygen atoms in total. The Labute approximate surface area is 249 Å². The first-order valence-electron chi connectivity index (χ1n) is 15.7. The smallest absolute Gasteiger partial charge is 0.0915 e. The molecule has 0 aromatic rings. The lowest BCUT2D eigenvalue weighted by molar-refractivity contribution is -0.924. The fourth-order valence-corrected chi connectivity index (χ4v) is 5.98. The number of unbranched alkanes of at least 4 members (excludes halogenated alkanes) is 8. The first kappa shape index (κ1) is 38.9. The summed E-state index contributed by atoms with van der Waals surface area (Å²) >= 11 is 0. The predicted molar refractivity (Wildman–Crippen MR) is 153 cm³/mol. The maximum atomic E-state index is 2.77. The zero-order chi connectivity index (χ0) is 25.1. The molecule has 0 radical (unpaired) electrons. The van der Waals surface area contributed by atoms with Crippen LogP contribution in [-0.4, -0.2) is 110 Å². The normalized spacial score (nSPS) is 15.5. The molecule has 0 N–H and O–H groups in total. The molecular formula is C30H66Br2N4. The van der Waals surface area contributed by atoms with Gasteiger partial charge in [0.25, 0.3) is 0 Å². The maximum absolute atomic E-state index is 2.77. The van der Waals surface area contributed by atoms with Crippen molar-refractivity contribution in [1.29, 1.82) is 0 Å². The molecule has 1 aliphatic rings. The van der Waals surface area contributed by atoms with Crippen molar-refractivity contribution in [2.75, 3.05) is 91.6 Å². The van der Waals surface area contributed by atoms with Gasteiger partial charge in [0.1, 0.15) is 0 Å². The van der Waals surface area contributed by atoms with Crippen molar-refractivity contribution < 1.29 is 42.9 Å². The summed E-state index contributed by atoms with van der Waals surface area (Å²) in [6.45, 7) is 32.7. The number of nitrogens with zero attached hydrogens (tertiary/aromatic N) is 4. The van der Waals surface area contributed by atoms with E-state index in [4.69, 9.17) is 0 Å². The Morgan fingerprint density at radius 3 is 1.00 bits per heavy atom. The molecule has 0 saturated carbocycles. The Morgan fingerprint density at radius 2 is 0.722 bits per heavy atom. The van der Waals surface area contributed by atoms with Crippen molar-refractivity contribution in [3.63, 3.8) is 0 Å². The zero-order valence-electron chi connectivity index (χ0n) is 25.5. The Balaban J connectivity index is 0. The first-order valence-corrected chi connectivity index (χ1v) is 15.7. The van der Waals surface area contributed by atoms with Crippen molar-refractivity contribution in [3.8, 4) is 0 Å². The molecule has 0 atom stereocenters. The highest BCUT2D eigenvalue weighted by atomic mass is 79.9. The topological polar surface area (TPSA) is 6.48 Å². The van der Waals surface area contributed by atoms with Gasteiger partial charge in [-0.15, -0.1) is 0 Å². The van der Waals surface area contributed by atoms with Gasteiger partial charge in [-0.1, -0.05) is 52.4 Å². The number of quaternary nitrogens is 2. The summed E-state index contributed by atoms with van der Waals surface area (Å²) in [6.07, 6.45) is 14.1. The maximum Gasteiger partial charge on any atom is 0.0915 e. The fraction of sp³-hybridized carbons (Fsp3) is 1.00. The molecule has 1 saturated heterocycles. The number of piperazine rings is 1. The Kier molecular flexibility index (Phi) is 25.6. The van der Waals surface area contributed by atoms with Gasteiger partial charge in [-0.3, -0.25) is 9.80 Å². The minimum absolute atomic E-state index is 0. The highest BCUT2D eigenvalue weighted by Gasteiger charge is 2.27. The second kappa shape index (κ2) is 23.7. The van der Waals surface area contributed by atoms with Crippen LogP contribution < -0.4 is 34.0 Å². The average molecular weight is 643 g/mol. The molecule has 6 heteroatoms. The summed E-state index contributed by atoms with van der Waals surface area (Å²) in [5.74, 6) is 0. The molecule has 0 aromatic carbocycles. The van der Waals surface area contributed by atoms with E-state index in [1.807, 2.05) is 0 Å². The lowest BCUT2D eigenvalue weighted by Crippen LogP contribution is -3.00. The minimum atomic E-state index is 0. The molecule has 0 spiro atoms. The highest BCUT2D eigenvalue weighted by Crippen LogP contribution is 2.15. The number of likely N-dealkylation sites (N-methyl/N-ethyl adjacent to an activating group) is 2. The zero-order valence-corrected chi connectivity index (χ0v) is 28.7. The monoisotopic (exact) mass is 640 g/mol. The number of rotatable bonds is 22. The van der Waals surface area contributed by atoms with Gasteiger partial charge in [0.2, 0.25) is 0 Å². The van der Waals surface area contributed by atoms with Crippen LogP contribution in [0, 0.1) is 0 Å². The van der Waals surface area contributed by atoms with E-state index in [0.717, 1.165) is 0 Å². The van der Waals surface area contributed by atoms with E-state index in [1.54, 1.807) is 0 Å². The van der Waals surface area contributed by atoms with Crippen LogP contribution in [0.15, 0.2) is 0 Å². The molecule has 1 aliphatic heterocycles. The predicted octanol–water partition coefficient (Wildman–Crippen LogP) is 0.266. The molecule has 0 unspecified atom stereocenters. The minimum Gasteiger partial charge on any atom is -1.00 e. The molecule has 0 bridgehead atoms. The summed E-state index contributed by atoms with van der Waals surface area (Å²) < 4.78 is 2.66. The second-order valence-electron chi connectivity index (χ2n) is 11.4. The van der Waals surface area contributed by atoms with Gasteiger partial charge in [0, 0.05) is 39.3 Å². The molecule has 1 fully saturated rings. The Hall–Kier alpha value is 0.800. The van der Waals surface area contributed by atoms with Crippen LogP contribution in [0.2, 0.25) is 0 Å². The largest absolute Gasteiger partial charge is 1.00 e. The van der Waals surface area contributed by atoms with Gasteiger partial charge in [0.15, 0.2) is 0 Å². The Morgan fingerprint density at radius 1 is 0.417 bits per heavy atom. The lowest BCUT2D eigenvalue weighted by Gasteiger charge is -2.42. The van der Waals surface area contributed by atoms with Crippen molar-refractivity contribution in [2.24, 2.45) is 0 Å². The highest BCUT2D eigenvalue weighted by molar-refractivity contribution is 4.72. The van der Waals surface area contributed by atoms with Crippen LogP contribution in [0.3, 0.4) is 0 Å². The molecule has 220 valence electrons. The summed E-state index contributed by atoms with van der Waals surface area (Å²) in [6, 6.07) is 0. The van der Waals surface area contributed by atoms with E-state index < -0.39 is 0 Å². The van der Waals surface area contributed by atoms with Gasteiger partial charge in [-0.2, -0.15) is 0 Å². The molecule has 36 heavy (non-hydrogen) atoms. The standard InChI is InChI=1S/C30H66N4.2BrH/c1-7-13-15-17-19-27-33(9-3,10-4)29-25-31-21-23-32(24-22-31)26-30-34(11-5,12-6)28-20-18-16-14-8-2;;/h7-30H2,1-6H3;2*1H/q+2;;/p-2. The van der Waals surface area contributed by atoms with Crippen LogP contribution >= 0.6 is 0 Å². The molecule has 0 amide bonds. The van der Waals surface area contributed by atoms with Crippen LogP contribution in [-0.2, 0) is 0 Å². The van der Waals surface area contributed by atoms with Gasteiger partial charge in [-0.25, -0.2) is 0 Å². The third kappa shape index (κ3) is 15.4. The van der Waals surface area contributed by atoms with E-state index in [1.165, 1.54) is 165 Å². The number of halogens is 2. The van der Waals surface area contributed by atoms with Crippen LogP contribution in [0.4, 0.5) is 0 Å². The van der Waals surface area contributed by atoms with E-state index in [0.29, 0.717) is 0 Å². The van der Waals surface area contributed by atoms with Gasteiger partial charge in [0.05, 0.1) is 52.4 Å². The summed E-state index contributed by atoms with van der Waals surface area (Å²) in [4.78, 5) is 5.53. The fourth-order valence-electron chi connectivity index (χ4n) is 5.98. The van der Waals surface area contributed by atoms with E-state index >= 15 is 0 Å². The van der Waals surface area contributed by atoms with Crippen LogP contribution in [0.25, 0.3) is 0 Å². The second-order valence-corrected chi connectivity index (χ2v) is 11.4. The van der Waals surface area contributed by atoms with Crippen molar-refractivity contribution >= 4 is 0 Å². The SMILES string of the molecule is CCCCCCC[N+](CC)(CC)CCN1CCN(CC[N+](CC)(CC)CCCCCCC)CC1.[Br-].[Br-]. The van der Waals surface area contributed by atoms with Gasteiger partial charge >= 0.3 is 0 Å². The average Bonchev–Trinajstić information content (AvgIpc) is 2.88. The van der Waals surface area contributed by atoms with Gasteiger partial charge < -0.3 is 42.9 Å². The molecule has 1 rings (SSSR count).